The highest BCUT2D eigenvalue weighted by Gasteiger charge is 2.16. The number of hydrogen-bond acceptors (Lipinski definition) is 4. The van der Waals surface area contributed by atoms with Gasteiger partial charge in [0.1, 0.15) is 0 Å². The number of carbonyl (C=O) groups excluding carboxylic acids is 1. The normalized spacial score (nSPS) is 11.6. The summed E-state index contributed by atoms with van der Waals surface area (Å²) in [4.78, 5) is 22.9. The third kappa shape index (κ3) is 4.97. The van der Waals surface area contributed by atoms with Crippen LogP contribution in [0.25, 0.3) is 0 Å². The lowest BCUT2D eigenvalue weighted by atomic mass is 10.0. The Morgan fingerprint density at radius 1 is 1.14 bits per heavy atom. The summed E-state index contributed by atoms with van der Waals surface area (Å²) in [6, 6.07) is 11.0. The molecule has 1 amide bonds. The van der Waals surface area contributed by atoms with Gasteiger partial charge in [-0.1, -0.05) is 30.3 Å². The first kappa shape index (κ1) is 15.6. The number of carboxylic acids is 1. The zero-order chi connectivity index (χ0) is 15.8. The van der Waals surface area contributed by atoms with E-state index in [-0.39, 0.29) is 18.4 Å². The third-order valence-corrected chi connectivity index (χ3v) is 3.21. The number of benzene rings is 1. The first-order valence-electron chi connectivity index (χ1n) is 6.98. The fraction of sp³-hybridized carbons (Fsp3) is 0.250. The molecule has 0 aliphatic carbocycles. The van der Waals surface area contributed by atoms with Gasteiger partial charge in [0.05, 0.1) is 18.0 Å². The highest BCUT2D eigenvalue weighted by molar-refractivity contribution is 5.93. The maximum atomic E-state index is 12.2. The van der Waals surface area contributed by atoms with E-state index >= 15 is 0 Å². The SMILES string of the molecule is O=C(O)CCC(Cc1ccccc1)NC(=O)c1ccnnc1. The zero-order valence-electron chi connectivity index (χ0n) is 12.0. The van der Waals surface area contributed by atoms with Crippen molar-refractivity contribution in [3.63, 3.8) is 0 Å². The van der Waals surface area contributed by atoms with Crippen LogP contribution in [0.3, 0.4) is 0 Å². The fourth-order valence-corrected chi connectivity index (χ4v) is 2.12. The average molecular weight is 299 g/mol. The van der Waals surface area contributed by atoms with Crippen molar-refractivity contribution in [3.05, 3.63) is 59.9 Å². The molecule has 2 rings (SSSR count). The second-order valence-corrected chi connectivity index (χ2v) is 4.92. The van der Waals surface area contributed by atoms with Crippen LogP contribution in [0.1, 0.15) is 28.8 Å². The smallest absolute Gasteiger partial charge is 0.303 e. The van der Waals surface area contributed by atoms with E-state index in [1.54, 1.807) is 6.07 Å². The summed E-state index contributed by atoms with van der Waals surface area (Å²) in [6.07, 6.45) is 3.78. The summed E-state index contributed by atoms with van der Waals surface area (Å²) in [6.45, 7) is 0. The Morgan fingerprint density at radius 3 is 2.55 bits per heavy atom. The van der Waals surface area contributed by atoms with Gasteiger partial charge in [-0.15, -0.1) is 0 Å². The Bertz CT molecular complexity index is 617. The van der Waals surface area contributed by atoms with E-state index in [1.165, 1.54) is 12.4 Å². The molecule has 1 unspecified atom stereocenters. The van der Waals surface area contributed by atoms with Gasteiger partial charge >= 0.3 is 5.97 Å². The molecule has 6 nitrogen and oxygen atoms in total. The summed E-state index contributed by atoms with van der Waals surface area (Å²) in [5.41, 5.74) is 1.45. The van der Waals surface area contributed by atoms with Crippen molar-refractivity contribution in [1.29, 1.82) is 0 Å². The minimum Gasteiger partial charge on any atom is -0.481 e. The van der Waals surface area contributed by atoms with Crippen LogP contribution >= 0.6 is 0 Å². The molecule has 0 radical (unpaired) electrons. The topological polar surface area (TPSA) is 92.2 Å². The van der Waals surface area contributed by atoms with Crippen LogP contribution in [0.5, 0.6) is 0 Å². The number of hydrogen-bond donors (Lipinski definition) is 2. The minimum atomic E-state index is -0.877. The highest BCUT2D eigenvalue weighted by atomic mass is 16.4. The molecule has 0 aliphatic heterocycles. The van der Waals surface area contributed by atoms with Gasteiger partial charge in [-0.2, -0.15) is 10.2 Å². The van der Waals surface area contributed by atoms with E-state index in [9.17, 15) is 9.59 Å². The molecule has 0 bridgehead atoms. The number of aliphatic carboxylic acids is 1. The predicted molar refractivity (Wildman–Crippen MR) is 80.3 cm³/mol. The Labute approximate surface area is 128 Å². The highest BCUT2D eigenvalue weighted by Crippen LogP contribution is 2.09. The summed E-state index contributed by atoms with van der Waals surface area (Å²) < 4.78 is 0. The minimum absolute atomic E-state index is 0.00632. The van der Waals surface area contributed by atoms with E-state index in [0.717, 1.165) is 5.56 Å². The van der Waals surface area contributed by atoms with Crippen molar-refractivity contribution >= 4 is 11.9 Å². The molecule has 2 N–H and O–H groups in total. The van der Waals surface area contributed by atoms with Gasteiger partial charge in [0.25, 0.3) is 5.91 Å². The van der Waals surface area contributed by atoms with Crippen molar-refractivity contribution in [2.75, 3.05) is 0 Å². The molecule has 114 valence electrons. The molecule has 0 saturated carbocycles. The van der Waals surface area contributed by atoms with Gasteiger partial charge in [-0.05, 0) is 24.5 Å². The van der Waals surface area contributed by atoms with E-state index < -0.39 is 5.97 Å². The molecule has 0 spiro atoms. The van der Waals surface area contributed by atoms with Crippen LogP contribution in [0.15, 0.2) is 48.8 Å². The van der Waals surface area contributed by atoms with Gasteiger partial charge in [-0.25, -0.2) is 0 Å². The molecule has 1 atom stereocenters. The molecular formula is C16H17N3O3. The fourth-order valence-electron chi connectivity index (χ4n) is 2.12. The Balaban J connectivity index is 2.03. The number of nitrogens with zero attached hydrogens (tertiary/aromatic N) is 2. The van der Waals surface area contributed by atoms with Gasteiger partial charge in [0.15, 0.2) is 0 Å². The molecule has 0 aliphatic rings. The quantitative estimate of drug-likeness (QED) is 0.811. The Hall–Kier alpha value is -2.76. The van der Waals surface area contributed by atoms with Crippen LogP contribution in [0.4, 0.5) is 0 Å². The number of amides is 1. The lowest BCUT2D eigenvalue weighted by Gasteiger charge is -2.18. The molecule has 0 saturated heterocycles. The Kier molecular flexibility index (Phi) is 5.59. The number of carbonyl (C=O) groups is 2. The van der Waals surface area contributed by atoms with Crippen LogP contribution in [0, 0.1) is 0 Å². The van der Waals surface area contributed by atoms with Crippen molar-refractivity contribution in [1.82, 2.24) is 15.5 Å². The van der Waals surface area contributed by atoms with Crippen LogP contribution in [0.2, 0.25) is 0 Å². The molecule has 1 aromatic heterocycles. The number of nitrogens with one attached hydrogen (secondary N) is 1. The van der Waals surface area contributed by atoms with Crippen molar-refractivity contribution < 1.29 is 14.7 Å². The molecule has 2 aromatic rings. The van der Waals surface area contributed by atoms with E-state index in [1.807, 2.05) is 30.3 Å². The number of carboxylic acid groups (broad SMARTS) is 1. The summed E-state index contributed by atoms with van der Waals surface area (Å²) in [5, 5.41) is 19.0. The number of aromatic nitrogens is 2. The molecule has 1 heterocycles. The van der Waals surface area contributed by atoms with Crippen molar-refractivity contribution in [2.24, 2.45) is 0 Å². The van der Waals surface area contributed by atoms with Gasteiger partial charge in [-0.3, -0.25) is 9.59 Å². The molecule has 22 heavy (non-hydrogen) atoms. The van der Waals surface area contributed by atoms with Crippen LogP contribution in [-0.4, -0.2) is 33.2 Å². The Morgan fingerprint density at radius 2 is 1.91 bits per heavy atom. The predicted octanol–water partition coefficient (Wildman–Crippen LogP) is 1.68. The lowest BCUT2D eigenvalue weighted by Crippen LogP contribution is -2.37. The maximum Gasteiger partial charge on any atom is 0.303 e. The standard InChI is InChI=1S/C16H17N3O3/c20-15(21)7-6-14(10-12-4-2-1-3-5-12)19-16(22)13-8-9-17-18-11-13/h1-5,8-9,11,14H,6-7,10H2,(H,19,22)(H,20,21). The first-order valence-corrected chi connectivity index (χ1v) is 6.98. The lowest BCUT2D eigenvalue weighted by molar-refractivity contribution is -0.137. The third-order valence-electron chi connectivity index (χ3n) is 3.21. The largest absolute Gasteiger partial charge is 0.481 e. The van der Waals surface area contributed by atoms with Gasteiger partial charge in [0.2, 0.25) is 0 Å². The van der Waals surface area contributed by atoms with E-state index in [4.69, 9.17) is 5.11 Å². The first-order chi connectivity index (χ1) is 10.6. The second kappa shape index (κ2) is 7.87. The summed E-state index contributed by atoms with van der Waals surface area (Å²) in [7, 11) is 0. The van der Waals surface area contributed by atoms with Crippen LogP contribution < -0.4 is 5.32 Å². The van der Waals surface area contributed by atoms with Crippen LogP contribution in [-0.2, 0) is 11.2 Å². The zero-order valence-corrected chi connectivity index (χ0v) is 12.0. The van der Waals surface area contributed by atoms with Crippen molar-refractivity contribution in [2.45, 2.75) is 25.3 Å². The molecule has 0 fully saturated rings. The summed E-state index contributed by atoms with van der Waals surface area (Å²) in [5.74, 6) is -1.15. The average Bonchev–Trinajstić information content (AvgIpc) is 2.54. The summed E-state index contributed by atoms with van der Waals surface area (Å²) >= 11 is 0. The molecular weight excluding hydrogens is 282 g/mol. The monoisotopic (exact) mass is 299 g/mol. The number of rotatable bonds is 7. The molecule has 1 aromatic carbocycles. The molecule has 6 heteroatoms. The van der Waals surface area contributed by atoms with Crippen molar-refractivity contribution in [3.8, 4) is 0 Å². The maximum absolute atomic E-state index is 12.2. The van der Waals surface area contributed by atoms with Gasteiger partial charge in [0, 0.05) is 12.5 Å². The van der Waals surface area contributed by atoms with Gasteiger partial charge < -0.3 is 10.4 Å². The van der Waals surface area contributed by atoms with E-state index in [0.29, 0.717) is 18.4 Å². The van der Waals surface area contributed by atoms with E-state index in [2.05, 4.69) is 15.5 Å². The second-order valence-electron chi connectivity index (χ2n) is 4.92.